The van der Waals surface area contributed by atoms with Crippen molar-refractivity contribution in [3.8, 4) is 0 Å². The van der Waals surface area contributed by atoms with Gasteiger partial charge in [0.05, 0.1) is 0 Å². The van der Waals surface area contributed by atoms with Crippen LogP contribution in [0.2, 0.25) is 0 Å². The molecule has 0 amide bonds. The van der Waals surface area contributed by atoms with E-state index in [9.17, 15) is 0 Å². The summed E-state index contributed by atoms with van der Waals surface area (Å²) in [6, 6.07) is 11.1. The third kappa shape index (κ3) is 3.22. The zero-order chi connectivity index (χ0) is 15.4. The summed E-state index contributed by atoms with van der Waals surface area (Å²) in [5, 5.41) is 4.91. The highest BCUT2D eigenvalue weighted by molar-refractivity contribution is 5.79. The van der Waals surface area contributed by atoms with Gasteiger partial charge in [-0.2, -0.15) is 0 Å². The molecule has 0 aliphatic rings. The molecule has 0 saturated heterocycles. The third-order valence-corrected chi connectivity index (χ3v) is 4.11. The molecule has 0 fully saturated rings. The van der Waals surface area contributed by atoms with Gasteiger partial charge in [-0.3, -0.25) is 0 Å². The van der Waals surface area contributed by atoms with E-state index >= 15 is 0 Å². The number of imidazole rings is 1. The van der Waals surface area contributed by atoms with Crippen LogP contribution in [0.25, 0.3) is 10.9 Å². The van der Waals surface area contributed by atoms with Crippen molar-refractivity contribution in [1.82, 2.24) is 19.4 Å². The van der Waals surface area contributed by atoms with Crippen LogP contribution in [0.4, 0.5) is 0 Å². The first-order chi connectivity index (χ1) is 10.8. The minimum Gasteiger partial charge on any atom is -0.346 e. The molecule has 4 nitrogen and oxygen atoms in total. The molecule has 4 heteroatoms. The Morgan fingerprint density at radius 2 is 2.00 bits per heavy atom. The highest BCUT2D eigenvalue weighted by atomic mass is 15.1. The zero-order valence-corrected chi connectivity index (χ0v) is 13.4. The lowest BCUT2D eigenvalue weighted by Crippen LogP contribution is -2.33. The summed E-state index contributed by atoms with van der Waals surface area (Å²) in [4.78, 5) is 4.37. The SMILES string of the molecule is CCc1nccn1CC(C)NCCn1ccc2ccccc21. The van der Waals surface area contributed by atoms with Crippen molar-refractivity contribution in [3.63, 3.8) is 0 Å². The van der Waals surface area contributed by atoms with E-state index in [2.05, 4.69) is 76.0 Å². The average molecular weight is 296 g/mol. The smallest absolute Gasteiger partial charge is 0.108 e. The van der Waals surface area contributed by atoms with Crippen molar-refractivity contribution in [1.29, 1.82) is 0 Å². The van der Waals surface area contributed by atoms with Crippen LogP contribution in [0, 0.1) is 0 Å². The molecule has 0 saturated carbocycles. The van der Waals surface area contributed by atoms with Crippen LogP contribution in [0.1, 0.15) is 19.7 Å². The maximum absolute atomic E-state index is 4.37. The second-order valence-electron chi connectivity index (χ2n) is 5.77. The van der Waals surface area contributed by atoms with Gasteiger partial charge >= 0.3 is 0 Å². The molecular formula is C18H24N4. The number of hydrogen-bond acceptors (Lipinski definition) is 2. The summed E-state index contributed by atoms with van der Waals surface area (Å²) in [5.74, 6) is 1.16. The molecule has 0 spiro atoms. The lowest BCUT2D eigenvalue weighted by Gasteiger charge is -2.16. The van der Waals surface area contributed by atoms with Gasteiger partial charge in [0.1, 0.15) is 5.82 Å². The van der Waals surface area contributed by atoms with E-state index in [0.717, 1.165) is 31.9 Å². The molecule has 1 atom stereocenters. The molecule has 22 heavy (non-hydrogen) atoms. The third-order valence-electron chi connectivity index (χ3n) is 4.11. The fourth-order valence-electron chi connectivity index (χ4n) is 2.95. The molecule has 0 aliphatic heterocycles. The largest absolute Gasteiger partial charge is 0.346 e. The van der Waals surface area contributed by atoms with Crippen LogP contribution in [0.3, 0.4) is 0 Å². The van der Waals surface area contributed by atoms with Crippen LogP contribution >= 0.6 is 0 Å². The summed E-state index contributed by atoms with van der Waals surface area (Å²) in [5.41, 5.74) is 1.31. The molecule has 1 unspecified atom stereocenters. The summed E-state index contributed by atoms with van der Waals surface area (Å²) < 4.78 is 4.55. The molecule has 3 aromatic rings. The van der Waals surface area contributed by atoms with Crippen LogP contribution in [-0.2, 0) is 19.5 Å². The van der Waals surface area contributed by atoms with Crippen molar-refractivity contribution in [2.45, 2.75) is 39.4 Å². The number of hydrogen-bond donors (Lipinski definition) is 1. The summed E-state index contributed by atoms with van der Waals surface area (Å²) >= 11 is 0. The number of para-hydroxylation sites is 1. The lowest BCUT2D eigenvalue weighted by atomic mass is 10.2. The van der Waals surface area contributed by atoms with Gasteiger partial charge in [-0.1, -0.05) is 25.1 Å². The second kappa shape index (κ2) is 6.79. The average Bonchev–Trinajstić information content (AvgIpc) is 3.14. The Bertz CT molecular complexity index is 725. The molecule has 116 valence electrons. The minimum atomic E-state index is 0.432. The van der Waals surface area contributed by atoms with Gasteiger partial charge in [-0.15, -0.1) is 0 Å². The normalized spacial score (nSPS) is 12.8. The molecule has 1 aromatic carbocycles. The highest BCUT2D eigenvalue weighted by Gasteiger charge is 2.06. The lowest BCUT2D eigenvalue weighted by molar-refractivity contribution is 0.456. The monoisotopic (exact) mass is 296 g/mol. The fourth-order valence-corrected chi connectivity index (χ4v) is 2.95. The van der Waals surface area contributed by atoms with Gasteiger partial charge in [-0.25, -0.2) is 4.98 Å². The first-order valence-corrected chi connectivity index (χ1v) is 8.05. The Morgan fingerprint density at radius 3 is 2.86 bits per heavy atom. The Balaban J connectivity index is 1.52. The number of benzene rings is 1. The van der Waals surface area contributed by atoms with Gasteiger partial charge in [0.2, 0.25) is 0 Å². The molecule has 0 bridgehead atoms. The number of rotatable bonds is 7. The maximum atomic E-state index is 4.37. The van der Waals surface area contributed by atoms with E-state index < -0.39 is 0 Å². The van der Waals surface area contributed by atoms with Crippen molar-refractivity contribution < 1.29 is 0 Å². The molecule has 0 radical (unpaired) electrons. The first kappa shape index (κ1) is 14.9. The number of aryl methyl sites for hydroxylation is 1. The van der Waals surface area contributed by atoms with Crippen LogP contribution in [0.15, 0.2) is 48.9 Å². The van der Waals surface area contributed by atoms with Gasteiger partial charge < -0.3 is 14.5 Å². The molecule has 3 rings (SSSR count). The van der Waals surface area contributed by atoms with Crippen molar-refractivity contribution in [2.24, 2.45) is 0 Å². The number of nitrogens with zero attached hydrogens (tertiary/aromatic N) is 3. The maximum Gasteiger partial charge on any atom is 0.108 e. The highest BCUT2D eigenvalue weighted by Crippen LogP contribution is 2.14. The van der Waals surface area contributed by atoms with Gasteiger partial charge in [0, 0.05) is 56.2 Å². The van der Waals surface area contributed by atoms with E-state index in [-0.39, 0.29) is 0 Å². The topological polar surface area (TPSA) is 34.8 Å². The Hall–Kier alpha value is -2.07. The Morgan fingerprint density at radius 1 is 1.14 bits per heavy atom. The van der Waals surface area contributed by atoms with Gasteiger partial charge in [0.15, 0.2) is 0 Å². The van der Waals surface area contributed by atoms with E-state index in [1.54, 1.807) is 0 Å². The van der Waals surface area contributed by atoms with Crippen LogP contribution in [0.5, 0.6) is 0 Å². The van der Waals surface area contributed by atoms with Crippen molar-refractivity contribution in [2.75, 3.05) is 6.54 Å². The predicted molar refractivity (Wildman–Crippen MR) is 91.0 cm³/mol. The molecule has 1 N–H and O–H groups in total. The van der Waals surface area contributed by atoms with Crippen molar-refractivity contribution in [3.05, 3.63) is 54.7 Å². The summed E-state index contributed by atoms with van der Waals surface area (Å²) in [6.45, 7) is 7.30. The van der Waals surface area contributed by atoms with Gasteiger partial charge in [-0.05, 0) is 24.4 Å². The number of nitrogens with one attached hydrogen (secondary N) is 1. The van der Waals surface area contributed by atoms with E-state index in [4.69, 9.17) is 0 Å². The minimum absolute atomic E-state index is 0.432. The summed E-state index contributed by atoms with van der Waals surface area (Å²) in [7, 11) is 0. The summed E-state index contributed by atoms with van der Waals surface area (Å²) in [6.07, 6.45) is 7.10. The number of fused-ring (bicyclic) bond motifs is 1. The predicted octanol–water partition coefficient (Wildman–Crippen LogP) is 3.08. The standard InChI is InChI=1S/C18H24N4/c1-3-18-20-10-13-22(18)14-15(2)19-9-12-21-11-8-16-6-4-5-7-17(16)21/h4-8,10-11,13,15,19H,3,9,12,14H2,1-2H3. The van der Waals surface area contributed by atoms with E-state index in [1.807, 2.05) is 6.20 Å². The Labute approximate surface area is 131 Å². The number of aromatic nitrogens is 3. The van der Waals surface area contributed by atoms with Crippen molar-refractivity contribution >= 4 is 10.9 Å². The van der Waals surface area contributed by atoms with E-state index in [1.165, 1.54) is 10.9 Å². The molecule has 2 aromatic heterocycles. The Kier molecular flexibility index (Phi) is 4.59. The van der Waals surface area contributed by atoms with E-state index in [0.29, 0.717) is 6.04 Å². The molecular weight excluding hydrogens is 272 g/mol. The van der Waals surface area contributed by atoms with Gasteiger partial charge in [0.25, 0.3) is 0 Å². The van der Waals surface area contributed by atoms with Crippen LogP contribution in [-0.4, -0.2) is 26.7 Å². The van der Waals surface area contributed by atoms with Crippen LogP contribution < -0.4 is 5.32 Å². The molecule has 0 aliphatic carbocycles. The zero-order valence-electron chi connectivity index (χ0n) is 13.4. The quantitative estimate of drug-likeness (QED) is 0.727. The first-order valence-electron chi connectivity index (χ1n) is 8.05. The second-order valence-corrected chi connectivity index (χ2v) is 5.77. The molecule has 2 heterocycles. The fraction of sp³-hybridized carbons (Fsp3) is 0.389.